The molecule has 0 aliphatic carbocycles. The molecule has 11 heteroatoms. The fourth-order valence-corrected chi connectivity index (χ4v) is 2.24. The molecule has 0 amide bonds. The van der Waals surface area contributed by atoms with Gasteiger partial charge in [-0.1, -0.05) is 0 Å². The number of thiol groups is 2. The van der Waals surface area contributed by atoms with Crippen LogP contribution >= 0.6 is 25.3 Å². The van der Waals surface area contributed by atoms with Crippen molar-refractivity contribution >= 4 is 45.5 Å². The van der Waals surface area contributed by atoms with Crippen molar-refractivity contribution in [3.8, 4) is 0 Å². The Morgan fingerprint density at radius 3 is 1.41 bits per heavy atom. The fourth-order valence-electron chi connectivity index (χ4n) is 0.488. The molecule has 6 nitrogen and oxygen atoms in total. The Bertz CT molecular complexity index is 315. The van der Waals surface area contributed by atoms with Gasteiger partial charge in [0.2, 0.25) is 0 Å². The van der Waals surface area contributed by atoms with Crippen molar-refractivity contribution in [1.29, 1.82) is 0 Å². The second-order valence-electron chi connectivity index (χ2n) is 2.70. The second kappa shape index (κ2) is 12.5. The van der Waals surface area contributed by atoms with Crippen LogP contribution in [0.5, 0.6) is 0 Å². The van der Waals surface area contributed by atoms with E-state index in [1.54, 1.807) is 0 Å². The number of rotatable bonds is 6. The van der Waals surface area contributed by atoms with E-state index in [-0.39, 0.29) is 41.1 Å². The van der Waals surface area contributed by atoms with Crippen molar-refractivity contribution in [2.45, 2.75) is 12.8 Å². The molecule has 0 aromatic carbocycles. The first-order valence-corrected chi connectivity index (χ1v) is 8.68. The molecule has 0 bridgehead atoms. The third kappa shape index (κ3) is 31.8. The first-order chi connectivity index (χ1) is 7.12. The molecule has 0 spiro atoms. The van der Waals surface area contributed by atoms with Gasteiger partial charge < -0.3 is 4.55 Å². The summed E-state index contributed by atoms with van der Waals surface area (Å²) in [6.45, 7) is 0. The summed E-state index contributed by atoms with van der Waals surface area (Å²) in [7, 11) is -7.72. The van der Waals surface area contributed by atoms with Gasteiger partial charge >= 0.3 is 29.6 Å². The molecule has 0 atom stereocenters. The van der Waals surface area contributed by atoms with E-state index in [0.29, 0.717) is 24.3 Å². The van der Waals surface area contributed by atoms with Crippen molar-refractivity contribution in [2.75, 3.05) is 23.0 Å². The van der Waals surface area contributed by atoms with Gasteiger partial charge in [-0.05, 0) is 24.3 Å². The summed E-state index contributed by atoms with van der Waals surface area (Å²) in [5, 5.41) is 0. The molecule has 100 valence electrons. The van der Waals surface area contributed by atoms with Crippen LogP contribution in [-0.2, 0) is 20.2 Å². The molecule has 0 aliphatic heterocycles. The summed E-state index contributed by atoms with van der Waals surface area (Å²) in [4.78, 5) is 0. The van der Waals surface area contributed by atoms with Crippen LogP contribution in [0.2, 0.25) is 0 Å². The van der Waals surface area contributed by atoms with Crippen molar-refractivity contribution in [3.05, 3.63) is 0 Å². The van der Waals surface area contributed by atoms with Gasteiger partial charge in [-0.15, -0.1) is 0 Å². The molecule has 0 aromatic heterocycles. The fraction of sp³-hybridized carbons (Fsp3) is 1.00. The third-order valence-electron chi connectivity index (χ3n) is 1.11. The largest absolute Gasteiger partial charge is 1.00 e. The van der Waals surface area contributed by atoms with E-state index < -0.39 is 20.2 Å². The van der Waals surface area contributed by atoms with E-state index in [9.17, 15) is 21.4 Å². The number of hydrogen-bond donors (Lipinski definition) is 3. The van der Waals surface area contributed by atoms with Gasteiger partial charge in [-0.3, -0.25) is 4.55 Å². The third-order valence-corrected chi connectivity index (χ3v) is 3.34. The summed E-state index contributed by atoms with van der Waals surface area (Å²) in [5.74, 6) is 0.453. The van der Waals surface area contributed by atoms with E-state index in [1.807, 2.05) is 0 Å². The van der Waals surface area contributed by atoms with Gasteiger partial charge in [0.15, 0.2) is 0 Å². The van der Waals surface area contributed by atoms with Gasteiger partial charge in [0.1, 0.15) is 0 Å². The van der Waals surface area contributed by atoms with Crippen LogP contribution in [0.4, 0.5) is 0 Å². The average Bonchev–Trinajstić information content (AvgIpc) is 2.10. The Labute approximate surface area is 136 Å². The van der Waals surface area contributed by atoms with Crippen LogP contribution in [0.15, 0.2) is 0 Å². The smallest absolute Gasteiger partial charge is 0.748 e. The van der Waals surface area contributed by atoms with Gasteiger partial charge in [0.05, 0.1) is 15.9 Å². The maximum Gasteiger partial charge on any atom is 1.00 e. The van der Waals surface area contributed by atoms with Crippen LogP contribution in [-0.4, -0.2) is 49.0 Å². The van der Waals surface area contributed by atoms with Crippen LogP contribution < -0.4 is 29.6 Å². The Kier molecular flexibility index (Phi) is 17.4. The maximum atomic E-state index is 9.91. The molecule has 0 heterocycles. The van der Waals surface area contributed by atoms with Crippen molar-refractivity contribution in [3.63, 3.8) is 0 Å². The molecule has 0 rings (SSSR count). The second-order valence-corrected chi connectivity index (χ2v) is 6.69. The Hall–Kier alpha value is 1.52. The normalized spacial score (nSPS) is 11.1. The molecule has 0 radical (unpaired) electrons. The molecule has 0 aromatic rings. The molecule has 0 saturated carbocycles. The van der Waals surface area contributed by atoms with E-state index in [4.69, 9.17) is 4.55 Å². The Morgan fingerprint density at radius 2 is 1.29 bits per heavy atom. The zero-order valence-corrected chi connectivity index (χ0v) is 14.9. The van der Waals surface area contributed by atoms with E-state index in [2.05, 4.69) is 25.3 Å². The zero-order chi connectivity index (χ0) is 13.2. The van der Waals surface area contributed by atoms with E-state index >= 15 is 0 Å². The molecule has 0 saturated heterocycles. The van der Waals surface area contributed by atoms with Crippen LogP contribution in [0.3, 0.4) is 0 Å². The summed E-state index contributed by atoms with van der Waals surface area (Å²) in [6.07, 6.45) is 0.747. The summed E-state index contributed by atoms with van der Waals surface area (Å²) in [6, 6.07) is 0. The molecule has 17 heavy (non-hydrogen) atoms. The Balaban J connectivity index is -0.000000218. The van der Waals surface area contributed by atoms with Gasteiger partial charge in [-0.25, -0.2) is 8.42 Å². The average molecular weight is 334 g/mol. The van der Waals surface area contributed by atoms with Crippen molar-refractivity contribution < 1.29 is 55.5 Å². The first-order valence-electron chi connectivity index (χ1n) is 4.23. The predicted molar refractivity (Wildman–Crippen MR) is 67.9 cm³/mol. The molecule has 0 fully saturated rings. The number of hydrogen-bond acceptors (Lipinski definition) is 7. The minimum atomic E-state index is -3.99. The molecular weight excluding hydrogens is 319 g/mol. The Morgan fingerprint density at radius 1 is 0.941 bits per heavy atom. The molecule has 0 aliphatic rings. The minimum absolute atomic E-state index is 0. The van der Waals surface area contributed by atoms with Crippen LogP contribution in [0.25, 0.3) is 0 Å². The summed E-state index contributed by atoms with van der Waals surface area (Å²) in [5.41, 5.74) is 0. The minimum Gasteiger partial charge on any atom is -0.748 e. The summed E-state index contributed by atoms with van der Waals surface area (Å²) >= 11 is 7.49. The zero-order valence-electron chi connectivity index (χ0n) is 9.44. The van der Waals surface area contributed by atoms with E-state index in [0.717, 1.165) is 0 Å². The molecule has 1 N–H and O–H groups in total. The van der Waals surface area contributed by atoms with E-state index in [1.165, 1.54) is 0 Å². The van der Waals surface area contributed by atoms with Crippen molar-refractivity contribution in [1.82, 2.24) is 0 Å². The standard InChI is InChI=1S/2C3H8O3S2.Na/c2*4-8(5,6)3-1-2-7;/h2*7H,1-3H2,(H,4,5,6);/q;;+1/p-1. The first kappa shape index (κ1) is 23.6. The predicted octanol–water partition coefficient (Wildman–Crippen LogP) is -2.95. The van der Waals surface area contributed by atoms with Gasteiger partial charge in [-0.2, -0.15) is 33.7 Å². The summed E-state index contributed by atoms with van der Waals surface area (Å²) < 4.78 is 57.3. The maximum absolute atomic E-state index is 9.91. The quantitative estimate of drug-likeness (QED) is 0.272. The molecule has 0 unspecified atom stereocenters. The molecular formula is C6H15NaO6S4. The van der Waals surface area contributed by atoms with Gasteiger partial charge in [0.25, 0.3) is 10.1 Å². The van der Waals surface area contributed by atoms with Crippen molar-refractivity contribution in [2.24, 2.45) is 0 Å². The topological polar surface area (TPSA) is 112 Å². The SMILES string of the molecule is O=S(=O)(O)CCCS.O=S(=O)([O-])CCCS.[Na+]. The van der Waals surface area contributed by atoms with Gasteiger partial charge in [0, 0.05) is 5.75 Å². The monoisotopic (exact) mass is 334 g/mol. The van der Waals surface area contributed by atoms with Crippen LogP contribution in [0.1, 0.15) is 12.8 Å². The van der Waals surface area contributed by atoms with Crippen LogP contribution in [0, 0.1) is 0 Å².